The summed E-state index contributed by atoms with van der Waals surface area (Å²) in [5.74, 6) is -0.139. The van der Waals surface area contributed by atoms with E-state index in [4.69, 9.17) is 0 Å². The van der Waals surface area contributed by atoms with Crippen LogP contribution < -0.4 is 5.32 Å². The number of nitrogens with one attached hydrogen (secondary N) is 1. The van der Waals surface area contributed by atoms with E-state index in [0.29, 0.717) is 10.9 Å². The Bertz CT molecular complexity index is 411. The molecule has 1 saturated carbocycles. The molecule has 0 saturated heterocycles. The molecule has 16 heavy (non-hydrogen) atoms. The molecule has 3 nitrogen and oxygen atoms in total. The normalized spacial score (nSPS) is 27.3. The van der Waals surface area contributed by atoms with Crippen LogP contribution in [0.3, 0.4) is 0 Å². The lowest BCUT2D eigenvalue weighted by atomic mass is 9.64. The van der Waals surface area contributed by atoms with Gasteiger partial charge in [0.25, 0.3) is 0 Å². The first kappa shape index (κ1) is 11.8. The molecule has 0 bridgehead atoms. The topological polar surface area (TPSA) is 45.1 Å². The monoisotopic (exact) mass is 288 g/mol. The minimum atomic E-state index is -0.383. The average molecular weight is 289 g/mol. The van der Waals surface area contributed by atoms with Gasteiger partial charge < -0.3 is 10.4 Å². The van der Waals surface area contributed by atoms with Crippen molar-refractivity contribution < 1.29 is 9.50 Å². The highest BCUT2D eigenvalue weighted by atomic mass is 79.9. The Balaban J connectivity index is 2.11. The second kappa shape index (κ2) is 3.96. The van der Waals surface area contributed by atoms with Crippen LogP contribution in [0, 0.1) is 11.2 Å². The highest BCUT2D eigenvalue weighted by molar-refractivity contribution is 9.10. The number of aliphatic hydroxyl groups excluding tert-OH is 1. The molecule has 1 fully saturated rings. The van der Waals surface area contributed by atoms with Crippen LogP contribution in [0.4, 0.5) is 10.2 Å². The average Bonchev–Trinajstić information content (AvgIpc) is 2.21. The molecule has 2 atom stereocenters. The maximum atomic E-state index is 13.5. The van der Waals surface area contributed by atoms with E-state index in [-0.39, 0.29) is 29.2 Å². The summed E-state index contributed by atoms with van der Waals surface area (Å²) in [6.45, 7) is 3.91. The summed E-state index contributed by atoms with van der Waals surface area (Å²) in [4.78, 5) is 3.98. The van der Waals surface area contributed by atoms with Gasteiger partial charge >= 0.3 is 0 Å². The molecule has 1 heterocycles. The Kier molecular flexibility index (Phi) is 2.92. The molecular weight excluding hydrogens is 275 g/mol. The van der Waals surface area contributed by atoms with E-state index in [1.165, 1.54) is 6.07 Å². The van der Waals surface area contributed by atoms with Crippen LogP contribution in [0.1, 0.15) is 20.3 Å². The lowest BCUT2D eigenvalue weighted by molar-refractivity contribution is -0.0512. The smallest absolute Gasteiger partial charge is 0.166 e. The molecule has 1 aliphatic carbocycles. The molecule has 5 heteroatoms. The van der Waals surface area contributed by atoms with E-state index in [2.05, 4.69) is 26.2 Å². The lowest BCUT2D eigenvalue weighted by Crippen LogP contribution is -2.57. The van der Waals surface area contributed by atoms with Crippen LogP contribution in [0.15, 0.2) is 16.7 Å². The van der Waals surface area contributed by atoms with Gasteiger partial charge in [-0.15, -0.1) is 0 Å². The van der Waals surface area contributed by atoms with Crippen LogP contribution in [0.5, 0.6) is 0 Å². The Labute approximate surface area is 102 Å². The van der Waals surface area contributed by atoms with Crippen LogP contribution >= 0.6 is 15.9 Å². The highest BCUT2D eigenvalue weighted by Crippen LogP contribution is 2.42. The first-order valence-electron chi connectivity index (χ1n) is 5.17. The van der Waals surface area contributed by atoms with Gasteiger partial charge in [-0.1, -0.05) is 13.8 Å². The number of pyridine rings is 1. The highest BCUT2D eigenvalue weighted by Gasteiger charge is 2.47. The molecule has 0 aliphatic heterocycles. The molecule has 2 N–H and O–H groups in total. The summed E-state index contributed by atoms with van der Waals surface area (Å²) >= 11 is 3.16. The molecule has 0 spiro atoms. The van der Waals surface area contributed by atoms with Crippen LogP contribution in [0.2, 0.25) is 0 Å². The number of aliphatic hydroxyl groups is 1. The predicted molar refractivity (Wildman–Crippen MR) is 63.7 cm³/mol. The molecule has 1 aliphatic rings. The number of halogens is 2. The summed E-state index contributed by atoms with van der Waals surface area (Å²) in [6, 6.07) is 1.43. The molecule has 0 radical (unpaired) electrons. The molecule has 0 aromatic carbocycles. The molecule has 2 rings (SSSR count). The Hall–Kier alpha value is -0.680. The van der Waals surface area contributed by atoms with Crippen LogP contribution in [0.25, 0.3) is 0 Å². The van der Waals surface area contributed by atoms with E-state index in [1.807, 2.05) is 13.8 Å². The van der Waals surface area contributed by atoms with Crippen molar-refractivity contribution >= 4 is 21.7 Å². The Morgan fingerprint density at radius 3 is 2.81 bits per heavy atom. The van der Waals surface area contributed by atoms with Crippen LogP contribution in [-0.4, -0.2) is 22.2 Å². The zero-order chi connectivity index (χ0) is 11.9. The van der Waals surface area contributed by atoms with Gasteiger partial charge in [0.1, 0.15) is 0 Å². The number of nitrogens with zero attached hydrogens (tertiary/aromatic N) is 1. The van der Waals surface area contributed by atoms with Crippen LogP contribution in [-0.2, 0) is 0 Å². The number of rotatable bonds is 2. The van der Waals surface area contributed by atoms with Gasteiger partial charge in [0.2, 0.25) is 0 Å². The zero-order valence-corrected chi connectivity index (χ0v) is 10.8. The van der Waals surface area contributed by atoms with Gasteiger partial charge in [-0.3, -0.25) is 0 Å². The minimum absolute atomic E-state index is 0.0608. The maximum Gasteiger partial charge on any atom is 0.166 e. The predicted octanol–water partition coefficient (Wildman–Crippen LogP) is 2.55. The van der Waals surface area contributed by atoms with E-state index in [1.54, 1.807) is 6.20 Å². The summed E-state index contributed by atoms with van der Waals surface area (Å²) in [6.07, 6.45) is 1.85. The van der Waals surface area contributed by atoms with Gasteiger partial charge in [0, 0.05) is 22.1 Å². The van der Waals surface area contributed by atoms with Crippen molar-refractivity contribution in [3.8, 4) is 0 Å². The number of hydrogen-bond acceptors (Lipinski definition) is 3. The molecule has 88 valence electrons. The third-order valence-corrected chi connectivity index (χ3v) is 3.77. The van der Waals surface area contributed by atoms with Crippen molar-refractivity contribution in [1.82, 2.24) is 4.98 Å². The fraction of sp³-hybridized carbons (Fsp3) is 0.545. The first-order valence-corrected chi connectivity index (χ1v) is 5.96. The van der Waals surface area contributed by atoms with Gasteiger partial charge in [0.15, 0.2) is 11.6 Å². The second-order valence-corrected chi connectivity index (χ2v) is 5.67. The van der Waals surface area contributed by atoms with Crippen molar-refractivity contribution in [3.05, 3.63) is 22.6 Å². The SMILES string of the molecule is CC1(C)C(O)CC1Nc1ncc(Br)cc1F. The summed E-state index contributed by atoms with van der Waals surface area (Å²) in [5.41, 5.74) is -0.235. The second-order valence-electron chi connectivity index (χ2n) is 4.75. The van der Waals surface area contributed by atoms with Gasteiger partial charge in [-0.2, -0.15) is 0 Å². The largest absolute Gasteiger partial charge is 0.392 e. The Morgan fingerprint density at radius 2 is 2.31 bits per heavy atom. The summed E-state index contributed by atoms with van der Waals surface area (Å²) < 4.78 is 14.1. The molecule has 1 aromatic rings. The Morgan fingerprint density at radius 1 is 1.62 bits per heavy atom. The molecule has 1 aromatic heterocycles. The number of hydrogen-bond donors (Lipinski definition) is 2. The fourth-order valence-electron chi connectivity index (χ4n) is 1.83. The lowest BCUT2D eigenvalue weighted by Gasteiger charge is -2.49. The third kappa shape index (κ3) is 1.94. The van der Waals surface area contributed by atoms with Crippen molar-refractivity contribution in [1.29, 1.82) is 0 Å². The summed E-state index contributed by atoms with van der Waals surface area (Å²) in [7, 11) is 0. The van der Waals surface area contributed by atoms with Crippen molar-refractivity contribution in [2.45, 2.75) is 32.4 Å². The molecule has 2 unspecified atom stereocenters. The first-order chi connectivity index (χ1) is 7.41. The zero-order valence-electron chi connectivity index (χ0n) is 9.17. The van der Waals surface area contributed by atoms with Gasteiger partial charge in [-0.05, 0) is 28.4 Å². The molecule has 0 amide bonds. The molecular formula is C11H14BrFN2O. The van der Waals surface area contributed by atoms with Crippen molar-refractivity contribution in [3.63, 3.8) is 0 Å². The maximum absolute atomic E-state index is 13.5. The van der Waals surface area contributed by atoms with E-state index in [0.717, 1.165) is 0 Å². The van der Waals surface area contributed by atoms with Crippen molar-refractivity contribution in [2.75, 3.05) is 5.32 Å². The number of aromatic nitrogens is 1. The number of anilines is 1. The minimum Gasteiger partial charge on any atom is -0.392 e. The van der Waals surface area contributed by atoms with E-state index >= 15 is 0 Å². The van der Waals surface area contributed by atoms with Crippen molar-refractivity contribution in [2.24, 2.45) is 5.41 Å². The summed E-state index contributed by atoms with van der Waals surface area (Å²) in [5, 5.41) is 12.6. The van der Waals surface area contributed by atoms with Gasteiger partial charge in [0.05, 0.1) is 6.10 Å². The van der Waals surface area contributed by atoms with E-state index < -0.39 is 0 Å². The third-order valence-electron chi connectivity index (χ3n) is 3.33. The quantitative estimate of drug-likeness (QED) is 0.879. The van der Waals surface area contributed by atoms with E-state index in [9.17, 15) is 9.50 Å². The van der Waals surface area contributed by atoms with Gasteiger partial charge in [-0.25, -0.2) is 9.37 Å². The fourth-order valence-corrected chi connectivity index (χ4v) is 2.14. The standard InChI is InChI=1S/C11H14BrFN2O/c1-11(2)8(4-9(11)16)15-10-7(13)3-6(12)5-14-10/h3,5,8-9,16H,4H2,1-2H3,(H,14,15).